The van der Waals surface area contributed by atoms with Crippen molar-refractivity contribution in [2.75, 3.05) is 6.61 Å². The molecule has 1 heterocycles. The van der Waals surface area contributed by atoms with E-state index in [1.165, 1.54) is 4.80 Å². The molecule has 0 aliphatic carbocycles. The van der Waals surface area contributed by atoms with E-state index in [0.29, 0.717) is 12.3 Å². The molecule has 114 valence electrons. The van der Waals surface area contributed by atoms with Gasteiger partial charge in [-0.25, -0.2) is 0 Å². The van der Waals surface area contributed by atoms with Crippen LogP contribution < -0.4 is 0 Å². The van der Waals surface area contributed by atoms with E-state index in [1.54, 1.807) is 6.07 Å². The van der Waals surface area contributed by atoms with Gasteiger partial charge in [0.15, 0.2) is 0 Å². The summed E-state index contributed by atoms with van der Waals surface area (Å²) in [5.74, 6) is 0.145. The molecule has 1 aromatic heterocycles. The molecule has 0 amide bonds. The Hall–Kier alpha value is -2.40. The normalized spacial score (nSPS) is 12.6. The van der Waals surface area contributed by atoms with E-state index in [4.69, 9.17) is 4.74 Å². The topological polar surface area (TPSA) is 60.2 Å². The fraction of sp³-hybridized carbons (Fsp3) is 0.294. The average molecular weight is 297 g/mol. The van der Waals surface area contributed by atoms with E-state index in [2.05, 4.69) is 17.1 Å². The van der Waals surface area contributed by atoms with Crippen molar-refractivity contribution in [3.63, 3.8) is 0 Å². The maximum absolute atomic E-state index is 10.1. The van der Waals surface area contributed by atoms with Gasteiger partial charge in [-0.15, -0.1) is 15.0 Å². The average Bonchev–Trinajstić information content (AvgIpc) is 2.96. The van der Waals surface area contributed by atoms with E-state index in [1.807, 2.05) is 43.3 Å². The van der Waals surface area contributed by atoms with Crippen LogP contribution >= 0.6 is 0 Å². The second kappa shape index (κ2) is 6.15. The molecule has 0 saturated carbocycles. The third-order valence-electron chi connectivity index (χ3n) is 3.54. The summed E-state index contributed by atoms with van der Waals surface area (Å²) >= 11 is 0. The molecule has 2 aromatic carbocycles. The van der Waals surface area contributed by atoms with E-state index < -0.39 is 0 Å². The Labute approximate surface area is 129 Å². The van der Waals surface area contributed by atoms with E-state index in [0.717, 1.165) is 23.0 Å². The molecule has 3 rings (SSSR count). The van der Waals surface area contributed by atoms with Crippen LogP contribution in [0.25, 0.3) is 16.7 Å². The minimum Gasteiger partial charge on any atom is -0.506 e. The summed E-state index contributed by atoms with van der Waals surface area (Å²) in [6.45, 7) is 4.79. The summed E-state index contributed by atoms with van der Waals surface area (Å²) < 4.78 is 5.74. The Morgan fingerprint density at radius 3 is 2.45 bits per heavy atom. The van der Waals surface area contributed by atoms with Crippen LogP contribution in [0.3, 0.4) is 0 Å². The van der Waals surface area contributed by atoms with E-state index in [9.17, 15) is 5.11 Å². The standard InChI is InChI=1S/C17H19N3O2/c1-3-10-22-12(2)13-8-9-17(21)16(11-13)20-18-14-6-4-5-7-15(14)19-20/h4-9,11-12,21H,3,10H2,1-2H3. The number of benzene rings is 2. The smallest absolute Gasteiger partial charge is 0.143 e. The molecular weight excluding hydrogens is 278 g/mol. The maximum Gasteiger partial charge on any atom is 0.143 e. The molecule has 0 fully saturated rings. The molecule has 0 aliphatic rings. The molecule has 0 radical (unpaired) electrons. The third kappa shape index (κ3) is 2.80. The van der Waals surface area contributed by atoms with E-state index >= 15 is 0 Å². The largest absolute Gasteiger partial charge is 0.506 e. The lowest BCUT2D eigenvalue weighted by atomic mass is 10.1. The fourth-order valence-electron chi connectivity index (χ4n) is 2.31. The van der Waals surface area contributed by atoms with Gasteiger partial charge in [0.1, 0.15) is 22.5 Å². The van der Waals surface area contributed by atoms with Gasteiger partial charge in [-0.05, 0) is 43.2 Å². The van der Waals surface area contributed by atoms with Crippen LogP contribution in [0.15, 0.2) is 42.5 Å². The van der Waals surface area contributed by atoms with Gasteiger partial charge in [0.2, 0.25) is 0 Å². The van der Waals surface area contributed by atoms with Crippen LogP contribution in [0.5, 0.6) is 5.75 Å². The van der Waals surface area contributed by atoms with Gasteiger partial charge >= 0.3 is 0 Å². The number of phenolic OH excluding ortho intramolecular Hbond substituents is 1. The summed E-state index contributed by atoms with van der Waals surface area (Å²) in [5, 5.41) is 19.0. The van der Waals surface area contributed by atoms with Gasteiger partial charge in [-0.2, -0.15) is 0 Å². The zero-order chi connectivity index (χ0) is 15.5. The van der Waals surface area contributed by atoms with Crippen molar-refractivity contribution in [1.29, 1.82) is 0 Å². The van der Waals surface area contributed by atoms with Gasteiger partial charge in [0, 0.05) is 6.61 Å². The van der Waals surface area contributed by atoms with Crippen LogP contribution in [-0.2, 0) is 4.74 Å². The summed E-state index contributed by atoms with van der Waals surface area (Å²) in [7, 11) is 0. The summed E-state index contributed by atoms with van der Waals surface area (Å²) in [4.78, 5) is 1.47. The minimum absolute atomic E-state index is 0.0377. The van der Waals surface area contributed by atoms with Gasteiger partial charge in [0.05, 0.1) is 6.10 Å². The minimum atomic E-state index is -0.0377. The Bertz CT molecular complexity index is 749. The Morgan fingerprint density at radius 1 is 1.14 bits per heavy atom. The van der Waals surface area contributed by atoms with Gasteiger partial charge in [-0.1, -0.05) is 25.1 Å². The zero-order valence-corrected chi connectivity index (χ0v) is 12.7. The Kier molecular flexibility index (Phi) is 4.06. The summed E-state index contributed by atoms with van der Waals surface area (Å²) in [6.07, 6.45) is 0.936. The molecule has 3 aromatic rings. The predicted octanol–water partition coefficient (Wildman–Crippen LogP) is 3.61. The number of rotatable bonds is 5. The number of aromatic nitrogens is 3. The highest BCUT2D eigenvalue weighted by atomic mass is 16.5. The molecule has 1 unspecified atom stereocenters. The molecular formula is C17H19N3O2. The molecule has 0 saturated heterocycles. The first kappa shape index (κ1) is 14.5. The monoisotopic (exact) mass is 297 g/mol. The molecule has 22 heavy (non-hydrogen) atoms. The van der Waals surface area contributed by atoms with Crippen LogP contribution in [0, 0.1) is 0 Å². The number of nitrogens with zero attached hydrogens (tertiary/aromatic N) is 3. The first-order valence-electron chi connectivity index (χ1n) is 7.46. The van der Waals surface area contributed by atoms with Crippen LogP contribution in [0.2, 0.25) is 0 Å². The second-order valence-corrected chi connectivity index (χ2v) is 5.24. The number of hydrogen-bond acceptors (Lipinski definition) is 4. The van der Waals surface area contributed by atoms with Crippen molar-refractivity contribution in [3.8, 4) is 11.4 Å². The van der Waals surface area contributed by atoms with Crippen molar-refractivity contribution in [3.05, 3.63) is 48.0 Å². The van der Waals surface area contributed by atoms with Crippen LogP contribution in [0.4, 0.5) is 0 Å². The van der Waals surface area contributed by atoms with Crippen molar-refractivity contribution in [1.82, 2.24) is 15.0 Å². The first-order valence-corrected chi connectivity index (χ1v) is 7.46. The molecule has 1 N–H and O–H groups in total. The van der Waals surface area contributed by atoms with Crippen molar-refractivity contribution in [2.24, 2.45) is 0 Å². The van der Waals surface area contributed by atoms with Crippen LogP contribution in [-0.4, -0.2) is 26.7 Å². The van der Waals surface area contributed by atoms with Gasteiger partial charge in [-0.3, -0.25) is 0 Å². The van der Waals surface area contributed by atoms with Crippen molar-refractivity contribution in [2.45, 2.75) is 26.4 Å². The van der Waals surface area contributed by atoms with Crippen molar-refractivity contribution < 1.29 is 9.84 Å². The van der Waals surface area contributed by atoms with Gasteiger partial charge in [0.25, 0.3) is 0 Å². The quantitative estimate of drug-likeness (QED) is 0.781. The highest BCUT2D eigenvalue weighted by Crippen LogP contribution is 2.27. The predicted molar refractivity (Wildman–Crippen MR) is 85.2 cm³/mol. The lowest BCUT2D eigenvalue weighted by Crippen LogP contribution is -2.04. The van der Waals surface area contributed by atoms with Gasteiger partial charge < -0.3 is 9.84 Å². The first-order chi connectivity index (χ1) is 10.7. The molecule has 0 bridgehead atoms. The third-order valence-corrected chi connectivity index (χ3v) is 3.54. The van der Waals surface area contributed by atoms with E-state index in [-0.39, 0.29) is 11.9 Å². The molecule has 5 heteroatoms. The lowest BCUT2D eigenvalue weighted by Gasteiger charge is -2.14. The zero-order valence-electron chi connectivity index (χ0n) is 12.7. The molecule has 5 nitrogen and oxygen atoms in total. The summed E-state index contributed by atoms with van der Waals surface area (Å²) in [6, 6.07) is 13.0. The SMILES string of the molecule is CCCOC(C)c1ccc(O)c(-n2nc3ccccc3n2)c1. The van der Waals surface area contributed by atoms with Crippen molar-refractivity contribution >= 4 is 11.0 Å². The highest BCUT2D eigenvalue weighted by molar-refractivity contribution is 5.73. The number of hydrogen-bond donors (Lipinski definition) is 1. The fourth-order valence-corrected chi connectivity index (χ4v) is 2.31. The lowest BCUT2D eigenvalue weighted by molar-refractivity contribution is 0.0662. The molecule has 0 aliphatic heterocycles. The Morgan fingerprint density at radius 2 is 1.82 bits per heavy atom. The molecule has 1 atom stereocenters. The number of aromatic hydroxyl groups is 1. The molecule has 0 spiro atoms. The second-order valence-electron chi connectivity index (χ2n) is 5.24. The number of ether oxygens (including phenoxy) is 1. The summed E-state index contributed by atoms with van der Waals surface area (Å²) in [5.41, 5.74) is 3.13. The maximum atomic E-state index is 10.1. The number of fused-ring (bicyclic) bond motifs is 1. The Balaban J connectivity index is 1.98. The number of phenols is 1. The van der Waals surface area contributed by atoms with Crippen LogP contribution in [0.1, 0.15) is 31.9 Å². The highest BCUT2D eigenvalue weighted by Gasteiger charge is 2.13.